The van der Waals surface area contributed by atoms with E-state index < -0.39 is 38.3 Å². The van der Waals surface area contributed by atoms with Gasteiger partial charge in [-0.1, -0.05) is 31.2 Å². The fourth-order valence-corrected chi connectivity index (χ4v) is 8.46. The van der Waals surface area contributed by atoms with Gasteiger partial charge in [-0.3, -0.25) is 19.3 Å². The lowest BCUT2D eigenvalue weighted by Gasteiger charge is -2.45. The van der Waals surface area contributed by atoms with E-state index in [1.165, 1.54) is 11.8 Å². The zero-order valence-corrected chi connectivity index (χ0v) is 25.8. The third kappa shape index (κ3) is 5.70. The van der Waals surface area contributed by atoms with Crippen molar-refractivity contribution in [3.05, 3.63) is 59.2 Å². The highest BCUT2D eigenvalue weighted by molar-refractivity contribution is 6.71. The molecule has 226 valence electrons. The predicted octanol–water partition coefficient (Wildman–Crippen LogP) is 3.30. The molecule has 2 N–H and O–H groups in total. The highest BCUT2D eigenvalue weighted by atomic mass is 28.4. The van der Waals surface area contributed by atoms with Crippen molar-refractivity contribution in [1.29, 1.82) is 0 Å². The number of hydrogen-bond acceptors (Lipinski definition) is 8. The summed E-state index contributed by atoms with van der Waals surface area (Å²) in [6, 6.07) is 13.0. The van der Waals surface area contributed by atoms with E-state index >= 15 is 0 Å². The highest BCUT2D eigenvalue weighted by Gasteiger charge is 2.48. The standard InChI is InChI=1S/C31H40N2O8Si/c1-18-30(39-3)24-13-22(33-28(37)15-29(33)40-19(2)35)10-11-25(24)41-31(18)26(42(4,5)38)14-27(36)32-16-21-9-7-6-8-20(21)12-23(32)17-34/h6-11,13,18,23,26,29-31,34,38H,12,14-17H2,1-5H3/t18-,23+,26?,29?,30-,31-/m1/s1. The van der Waals surface area contributed by atoms with Gasteiger partial charge in [0.1, 0.15) is 11.9 Å². The van der Waals surface area contributed by atoms with Crippen molar-refractivity contribution in [1.82, 2.24) is 4.90 Å². The van der Waals surface area contributed by atoms with Crippen molar-refractivity contribution >= 4 is 31.8 Å². The van der Waals surface area contributed by atoms with Crippen LogP contribution < -0.4 is 9.64 Å². The van der Waals surface area contributed by atoms with Crippen molar-refractivity contribution in [2.24, 2.45) is 5.92 Å². The van der Waals surface area contributed by atoms with Crippen molar-refractivity contribution in [2.75, 3.05) is 18.6 Å². The van der Waals surface area contributed by atoms with Crippen LogP contribution >= 0.6 is 0 Å². The number of methoxy groups -OCH3 is 1. The van der Waals surface area contributed by atoms with Crippen LogP contribution in [0.2, 0.25) is 18.6 Å². The number of carbonyl (C=O) groups excluding carboxylic acids is 3. The maximum Gasteiger partial charge on any atom is 0.304 e. The van der Waals surface area contributed by atoms with E-state index in [4.69, 9.17) is 14.2 Å². The van der Waals surface area contributed by atoms with Crippen LogP contribution in [0.1, 0.15) is 49.5 Å². The Labute approximate surface area is 247 Å². The smallest absolute Gasteiger partial charge is 0.304 e. The monoisotopic (exact) mass is 596 g/mol. The van der Waals surface area contributed by atoms with Gasteiger partial charge in [-0.2, -0.15) is 0 Å². The molecule has 0 radical (unpaired) electrons. The Kier molecular flexibility index (Phi) is 8.48. The summed E-state index contributed by atoms with van der Waals surface area (Å²) in [5.41, 5.74) is 3.08. The molecule has 2 unspecified atom stereocenters. The first-order valence-electron chi connectivity index (χ1n) is 14.4. The topological polar surface area (TPSA) is 126 Å². The van der Waals surface area contributed by atoms with Crippen molar-refractivity contribution in [3.63, 3.8) is 0 Å². The summed E-state index contributed by atoms with van der Waals surface area (Å²) in [4.78, 5) is 52.4. The first kappa shape index (κ1) is 30.2. The Hall–Kier alpha value is -3.25. The number of anilines is 1. The second-order valence-corrected chi connectivity index (χ2v) is 16.2. The maximum absolute atomic E-state index is 13.8. The molecule has 2 aromatic carbocycles. The molecule has 2 amide bonds. The Morgan fingerprint density at radius 3 is 2.48 bits per heavy atom. The number of benzene rings is 2. The molecule has 6 atom stereocenters. The van der Waals surface area contributed by atoms with E-state index in [9.17, 15) is 24.3 Å². The molecule has 1 fully saturated rings. The molecule has 2 aromatic rings. The van der Waals surface area contributed by atoms with Gasteiger partial charge >= 0.3 is 5.97 Å². The summed E-state index contributed by atoms with van der Waals surface area (Å²) in [6.45, 7) is 7.21. The lowest BCUT2D eigenvalue weighted by molar-refractivity contribution is -0.154. The summed E-state index contributed by atoms with van der Waals surface area (Å²) < 4.78 is 17.8. The quantitative estimate of drug-likeness (QED) is 0.270. The number of amides is 2. The molecule has 5 rings (SSSR count). The second-order valence-electron chi connectivity index (χ2n) is 12.1. The summed E-state index contributed by atoms with van der Waals surface area (Å²) in [5.74, 6) is -0.406. The molecule has 3 aliphatic heterocycles. The van der Waals surface area contributed by atoms with E-state index in [1.807, 2.05) is 50.3 Å². The molecule has 11 heteroatoms. The number of aliphatic hydroxyl groups is 1. The minimum Gasteiger partial charge on any atom is -0.490 e. The number of ether oxygens (including phenoxy) is 3. The minimum absolute atomic E-state index is 0.0829. The number of aliphatic hydroxyl groups excluding tert-OH is 1. The lowest BCUT2D eigenvalue weighted by Crippen LogP contribution is -2.55. The molecule has 0 spiro atoms. The molecule has 0 bridgehead atoms. The molecule has 0 saturated carbocycles. The van der Waals surface area contributed by atoms with Gasteiger partial charge in [0.2, 0.25) is 11.8 Å². The van der Waals surface area contributed by atoms with E-state index in [0.717, 1.165) is 16.7 Å². The fourth-order valence-electron chi connectivity index (χ4n) is 6.61. The van der Waals surface area contributed by atoms with Crippen LogP contribution in [0.15, 0.2) is 42.5 Å². The van der Waals surface area contributed by atoms with Gasteiger partial charge in [0.15, 0.2) is 14.5 Å². The van der Waals surface area contributed by atoms with Crippen LogP contribution in [0.25, 0.3) is 0 Å². The fraction of sp³-hybridized carbons (Fsp3) is 0.516. The van der Waals surface area contributed by atoms with Gasteiger partial charge in [-0.15, -0.1) is 0 Å². The molecule has 0 aliphatic carbocycles. The Bertz CT molecular complexity index is 1360. The Balaban J connectivity index is 1.40. The third-order valence-electron chi connectivity index (χ3n) is 8.88. The second kappa shape index (κ2) is 11.8. The average molecular weight is 597 g/mol. The number of fused-ring (bicyclic) bond motifs is 2. The summed E-state index contributed by atoms with van der Waals surface area (Å²) in [7, 11) is -1.35. The van der Waals surface area contributed by atoms with E-state index in [0.29, 0.717) is 24.4 Å². The number of rotatable bonds is 8. The molecule has 1 saturated heterocycles. The molecule has 3 heterocycles. The largest absolute Gasteiger partial charge is 0.490 e. The van der Waals surface area contributed by atoms with Gasteiger partial charge in [0.05, 0.1) is 25.2 Å². The average Bonchev–Trinajstić information content (AvgIpc) is 2.93. The highest BCUT2D eigenvalue weighted by Crippen LogP contribution is 2.48. The molecule has 42 heavy (non-hydrogen) atoms. The van der Waals surface area contributed by atoms with Gasteiger partial charge in [-0.25, -0.2) is 0 Å². The van der Waals surface area contributed by atoms with Crippen molar-refractivity contribution in [3.8, 4) is 5.75 Å². The lowest BCUT2D eigenvalue weighted by atomic mass is 9.85. The first-order chi connectivity index (χ1) is 19.9. The van der Waals surface area contributed by atoms with Crippen LogP contribution in [0.4, 0.5) is 5.69 Å². The van der Waals surface area contributed by atoms with E-state index in [2.05, 4.69) is 0 Å². The van der Waals surface area contributed by atoms with Gasteiger partial charge in [0, 0.05) is 49.7 Å². The van der Waals surface area contributed by atoms with Crippen LogP contribution in [-0.4, -0.2) is 73.0 Å². The number of nitrogens with zero attached hydrogens (tertiary/aromatic N) is 2. The molecular weight excluding hydrogens is 556 g/mol. The zero-order valence-electron chi connectivity index (χ0n) is 24.8. The minimum atomic E-state index is -2.96. The SMILES string of the molecule is CO[C@H]1c2cc(N3C(=O)CC3OC(C)=O)ccc2O[C@@H](C(CC(=O)N2Cc3ccccc3C[C@H]2CO)[Si](C)(C)O)[C@@H]1C. The molecular formula is C31H40N2O8Si. The molecule has 10 nitrogen and oxygen atoms in total. The van der Waals surface area contributed by atoms with Crippen LogP contribution in [0, 0.1) is 5.92 Å². The number of esters is 1. The summed E-state index contributed by atoms with van der Waals surface area (Å²) >= 11 is 0. The maximum atomic E-state index is 13.8. The number of hydrogen-bond donors (Lipinski definition) is 2. The predicted molar refractivity (Wildman–Crippen MR) is 157 cm³/mol. The van der Waals surface area contributed by atoms with Gasteiger partial charge in [-0.05, 0) is 48.8 Å². The zero-order chi connectivity index (χ0) is 30.3. The van der Waals surface area contributed by atoms with Crippen LogP contribution in [-0.2, 0) is 36.8 Å². The Morgan fingerprint density at radius 1 is 1.14 bits per heavy atom. The summed E-state index contributed by atoms with van der Waals surface area (Å²) in [5, 5.41) is 10.1. The summed E-state index contributed by atoms with van der Waals surface area (Å²) in [6.07, 6.45) is -0.787. The van der Waals surface area contributed by atoms with Crippen molar-refractivity contribution < 1.29 is 38.5 Å². The molecule has 3 aliphatic rings. The van der Waals surface area contributed by atoms with Crippen molar-refractivity contribution in [2.45, 2.75) is 82.8 Å². The first-order valence-corrected chi connectivity index (χ1v) is 17.5. The van der Waals surface area contributed by atoms with E-state index in [1.54, 1.807) is 24.1 Å². The Morgan fingerprint density at radius 2 is 1.86 bits per heavy atom. The number of β-lactam (4-membered cyclic amide) rings is 1. The normalized spacial score (nSPS) is 26.0. The third-order valence-corrected chi connectivity index (χ3v) is 11.2. The molecule has 0 aromatic heterocycles. The van der Waals surface area contributed by atoms with E-state index in [-0.39, 0.29) is 43.2 Å². The van der Waals surface area contributed by atoms with Crippen LogP contribution in [0.5, 0.6) is 5.75 Å². The number of carbonyl (C=O) groups is 3. The van der Waals surface area contributed by atoms with Gasteiger partial charge in [0.25, 0.3) is 0 Å². The van der Waals surface area contributed by atoms with Crippen LogP contribution in [0.3, 0.4) is 0 Å². The van der Waals surface area contributed by atoms with Gasteiger partial charge < -0.3 is 29.0 Å².